The Morgan fingerprint density at radius 2 is 2.12 bits per heavy atom. The van der Waals surface area contributed by atoms with Crippen LogP contribution >= 0.6 is 15.9 Å². The molecule has 1 aliphatic carbocycles. The minimum Gasteiger partial charge on any atom is -0.495 e. The average molecular weight is 293 g/mol. The molecule has 1 saturated carbocycles. The number of hydrogen-bond donors (Lipinski definition) is 1. The van der Waals surface area contributed by atoms with Crippen molar-refractivity contribution in [2.45, 2.75) is 24.9 Å². The highest BCUT2D eigenvalue weighted by molar-refractivity contribution is 9.10. The molecule has 0 amide bonds. The molecule has 1 aromatic carbocycles. The number of hydrogen-bond acceptors (Lipinski definition) is 2. The maximum absolute atomic E-state index is 13.8. The van der Waals surface area contributed by atoms with E-state index in [9.17, 15) is 13.9 Å². The predicted molar refractivity (Wildman–Crippen MR) is 58.5 cm³/mol. The Kier molecular flexibility index (Phi) is 2.92. The van der Waals surface area contributed by atoms with Crippen molar-refractivity contribution in [3.05, 3.63) is 27.7 Å². The van der Waals surface area contributed by atoms with Crippen molar-refractivity contribution in [1.29, 1.82) is 0 Å². The number of methoxy groups -OCH3 is 1. The predicted octanol–water partition coefficient (Wildman–Crippen LogP) is 2.80. The van der Waals surface area contributed by atoms with E-state index in [1.54, 1.807) is 0 Å². The van der Waals surface area contributed by atoms with E-state index < -0.39 is 17.2 Å². The molecule has 2 rings (SSSR count). The summed E-state index contributed by atoms with van der Waals surface area (Å²) in [5, 5.41) is 9.67. The first-order valence-corrected chi connectivity index (χ1v) is 5.69. The van der Waals surface area contributed by atoms with Crippen LogP contribution in [-0.2, 0) is 6.42 Å². The van der Waals surface area contributed by atoms with Crippen molar-refractivity contribution >= 4 is 15.9 Å². The van der Waals surface area contributed by atoms with Crippen molar-refractivity contribution in [1.82, 2.24) is 0 Å². The number of aliphatic hydroxyl groups is 1. The second-order valence-corrected chi connectivity index (χ2v) is 4.86. The van der Waals surface area contributed by atoms with Crippen molar-refractivity contribution in [3.63, 3.8) is 0 Å². The van der Waals surface area contributed by atoms with Gasteiger partial charge in [0, 0.05) is 18.1 Å². The van der Waals surface area contributed by atoms with Gasteiger partial charge < -0.3 is 9.84 Å². The van der Waals surface area contributed by atoms with Gasteiger partial charge in [-0.25, -0.2) is 8.78 Å². The van der Waals surface area contributed by atoms with Crippen LogP contribution < -0.4 is 4.74 Å². The number of halogens is 3. The molecule has 1 N–H and O–H groups in total. The quantitative estimate of drug-likeness (QED) is 0.868. The van der Waals surface area contributed by atoms with E-state index >= 15 is 0 Å². The lowest BCUT2D eigenvalue weighted by Crippen LogP contribution is -2.14. The molecule has 1 fully saturated rings. The molecule has 0 saturated heterocycles. The zero-order valence-corrected chi connectivity index (χ0v) is 10.3. The zero-order chi connectivity index (χ0) is 11.9. The Bertz CT molecular complexity index is 430. The van der Waals surface area contributed by atoms with Gasteiger partial charge in [-0.05, 0) is 28.8 Å². The molecule has 0 aromatic heterocycles. The van der Waals surface area contributed by atoms with Gasteiger partial charge in [0.1, 0.15) is 17.4 Å². The molecule has 88 valence electrons. The molecule has 1 aromatic rings. The molecule has 0 heterocycles. The second kappa shape index (κ2) is 3.96. The molecule has 0 atom stereocenters. The van der Waals surface area contributed by atoms with Crippen LogP contribution in [-0.4, -0.2) is 17.8 Å². The summed E-state index contributed by atoms with van der Waals surface area (Å²) in [5.41, 5.74) is -1.01. The van der Waals surface area contributed by atoms with Crippen molar-refractivity contribution in [2.75, 3.05) is 7.11 Å². The van der Waals surface area contributed by atoms with Crippen molar-refractivity contribution in [2.24, 2.45) is 0 Å². The zero-order valence-electron chi connectivity index (χ0n) is 8.69. The Hall–Kier alpha value is -0.680. The molecule has 5 heteroatoms. The van der Waals surface area contributed by atoms with Gasteiger partial charge >= 0.3 is 0 Å². The summed E-state index contributed by atoms with van der Waals surface area (Å²) in [7, 11) is 1.34. The van der Waals surface area contributed by atoms with Gasteiger partial charge in [-0.2, -0.15) is 0 Å². The van der Waals surface area contributed by atoms with Gasteiger partial charge in [0.05, 0.1) is 17.2 Å². The van der Waals surface area contributed by atoms with E-state index in [1.165, 1.54) is 7.11 Å². The fraction of sp³-hybridized carbons (Fsp3) is 0.455. The van der Waals surface area contributed by atoms with Crippen LogP contribution in [0.5, 0.6) is 5.75 Å². The third kappa shape index (κ3) is 2.06. The maximum Gasteiger partial charge on any atom is 0.147 e. The van der Waals surface area contributed by atoms with Gasteiger partial charge in [0.25, 0.3) is 0 Å². The monoisotopic (exact) mass is 292 g/mol. The van der Waals surface area contributed by atoms with Crippen LogP contribution in [0.3, 0.4) is 0 Å². The molecular formula is C11H11BrF2O2. The van der Waals surface area contributed by atoms with Gasteiger partial charge in [0.2, 0.25) is 0 Å². The standard InChI is InChI=1S/C11H11BrF2O2/c1-16-8-4-7(13)6(10(14)9(8)12)5-11(15)2-3-11/h4,15H,2-3,5H2,1H3. The van der Waals surface area contributed by atoms with Crippen molar-refractivity contribution in [3.8, 4) is 5.75 Å². The molecule has 0 bridgehead atoms. The minimum atomic E-state index is -0.921. The molecule has 0 radical (unpaired) electrons. The maximum atomic E-state index is 13.8. The summed E-state index contributed by atoms with van der Waals surface area (Å²) in [6.07, 6.45) is 1.19. The molecule has 0 unspecified atom stereocenters. The van der Waals surface area contributed by atoms with Crippen molar-refractivity contribution < 1.29 is 18.6 Å². The summed E-state index contributed by atoms with van der Waals surface area (Å²) < 4.78 is 32.3. The van der Waals surface area contributed by atoms with Gasteiger partial charge in [-0.1, -0.05) is 0 Å². The molecule has 1 aliphatic rings. The van der Waals surface area contributed by atoms with E-state index in [2.05, 4.69) is 15.9 Å². The van der Waals surface area contributed by atoms with Crippen LogP contribution in [0.2, 0.25) is 0 Å². The summed E-state index contributed by atoms with van der Waals surface area (Å²) in [4.78, 5) is 0. The summed E-state index contributed by atoms with van der Waals surface area (Å²) in [5.74, 6) is -1.27. The largest absolute Gasteiger partial charge is 0.495 e. The van der Waals surface area contributed by atoms with Crippen LogP contribution in [0.4, 0.5) is 8.78 Å². The Balaban J connectivity index is 2.41. The fourth-order valence-electron chi connectivity index (χ4n) is 1.57. The van der Waals surface area contributed by atoms with Crippen LogP contribution in [0, 0.1) is 11.6 Å². The topological polar surface area (TPSA) is 29.5 Å². The first kappa shape index (κ1) is 11.8. The first-order valence-electron chi connectivity index (χ1n) is 4.89. The van der Waals surface area contributed by atoms with Crippen LogP contribution in [0.1, 0.15) is 18.4 Å². The third-order valence-electron chi connectivity index (χ3n) is 2.77. The summed E-state index contributed by atoms with van der Waals surface area (Å²) in [6.45, 7) is 0. The highest BCUT2D eigenvalue weighted by atomic mass is 79.9. The van der Waals surface area contributed by atoms with E-state index in [1.807, 2.05) is 0 Å². The number of benzene rings is 1. The number of ether oxygens (including phenoxy) is 1. The third-order valence-corrected chi connectivity index (χ3v) is 3.51. The summed E-state index contributed by atoms with van der Waals surface area (Å²) >= 11 is 3.01. The second-order valence-electron chi connectivity index (χ2n) is 4.07. The molecule has 16 heavy (non-hydrogen) atoms. The SMILES string of the molecule is COc1cc(F)c(CC2(O)CC2)c(F)c1Br. The van der Waals surface area contributed by atoms with Gasteiger partial charge in [-0.15, -0.1) is 0 Å². The highest BCUT2D eigenvalue weighted by Gasteiger charge is 2.42. The lowest BCUT2D eigenvalue weighted by atomic mass is 10.0. The Labute approximate surface area is 100 Å². The molecule has 0 aliphatic heterocycles. The van der Waals surface area contributed by atoms with Gasteiger partial charge in [-0.3, -0.25) is 0 Å². The molecular weight excluding hydrogens is 282 g/mol. The lowest BCUT2D eigenvalue weighted by molar-refractivity contribution is 0.148. The van der Waals surface area contributed by atoms with E-state index in [4.69, 9.17) is 4.74 Å². The number of rotatable bonds is 3. The van der Waals surface area contributed by atoms with Crippen LogP contribution in [0.25, 0.3) is 0 Å². The van der Waals surface area contributed by atoms with E-state index in [0.29, 0.717) is 12.8 Å². The Morgan fingerprint density at radius 1 is 1.50 bits per heavy atom. The van der Waals surface area contributed by atoms with E-state index in [-0.39, 0.29) is 22.2 Å². The average Bonchev–Trinajstić information content (AvgIpc) is 2.97. The molecule has 2 nitrogen and oxygen atoms in total. The normalized spacial score (nSPS) is 17.3. The Morgan fingerprint density at radius 3 is 2.62 bits per heavy atom. The summed E-state index contributed by atoms with van der Waals surface area (Å²) in [6, 6.07) is 1.12. The first-order chi connectivity index (χ1) is 7.47. The minimum absolute atomic E-state index is 0.00720. The van der Waals surface area contributed by atoms with E-state index in [0.717, 1.165) is 6.07 Å². The molecule has 0 spiro atoms. The fourth-order valence-corrected chi connectivity index (χ4v) is 2.09. The lowest BCUT2D eigenvalue weighted by Gasteiger charge is -2.13. The highest BCUT2D eigenvalue weighted by Crippen LogP contribution is 2.41. The van der Waals surface area contributed by atoms with Crippen LogP contribution in [0.15, 0.2) is 10.5 Å². The van der Waals surface area contributed by atoms with Gasteiger partial charge in [0.15, 0.2) is 0 Å². The smallest absolute Gasteiger partial charge is 0.147 e.